The van der Waals surface area contributed by atoms with E-state index in [1.54, 1.807) is 9.80 Å². The molecule has 0 unspecified atom stereocenters. The van der Waals surface area contributed by atoms with Crippen molar-refractivity contribution < 1.29 is 18.4 Å². The molecular formula is C22H22F2N2O2S. The fraction of sp³-hybridized carbons (Fsp3) is 0.364. The first kappa shape index (κ1) is 19.9. The third kappa shape index (κ3) is 3.21. The number of benzene rings is 2. The van der Waals surface area contributed by atoms with Gasteiger partial charge in [0.15, 0.2) is 16.5 Å². The molecule has 0 bridgehead atoms. The highest BCUT2D eigenvalue weighted by molar-refractivity contribution is 8.01. The van der Waals surface area contributed by atoms with Crippen LogP contribution in [0, 0.1) is 17.6 Å². The Kier molecular flexibility index (Phi) is 5.11. The summed E-state index contributed by atoms with van der Waals surface area (Å²) in [5.74, 6) is -1.25. The van der Waals surface area contributed by atoms with Gasteiger partial charge in [0.2, 0.25) is 5.91 Å². The van der Waals surface area contributed by atoms with E-state index in [9.17, 15) is 18.4 Å². The maximum absolute atomic E-state index is 13.7. The molecule has 1 spiro atoms. The number of carbonyl (C=O) groups is 2. The average molecular weight is 416 g/mol. The molecule has 0 aromatic heterocycles. The minimum atomic E-state index is -1.08. The molecule has 2 aromatic rings. The number of rotatable bonds is 4. The van der Waals surface area contributed by atoms with Gasteiger partial charge in [-0.3, -0.25) is 9.59 Å². The molecule has 1 atom stereocenters. The smallest absolute Gasteiger partial charge is 0.268 e. The van der Waals surface area contributed by atoms with Crippen LogP contribution in [-0.4, -0.2) is 29.0 Å². The molecule has 4 nitrogen and oxygen atoms in total. The summed E-state index contributed by atoms with van der Waals surface area (Å²) in [6.07, 6.45) is 0.376. The summed E-state index contributed by atoms with van der Waals surface area (Å²) in [6.45, 7) is 4.58. The molecule has 29 heavy (non-hydrogen) atoms. The lowest BCUT2D eigenvalue weighted by molar-refractivity contribution is -0.140. The Morgan fingerprint density at radius 2 is 1.93 bits per heavy atom. The van der Waals surface area contributed by atoms with Crippen LogP contribution in [0.1, 0.15) is 31.4 Å². The number of halogens is 2. The second-order valence-electron chi connectivity index (χ2n) is 7.79. The van der Waals surface area contributed by atoms with Crippen LogP contribution in [0.4, 0.5) is 14.5 Å². The third-order valence-electron chi connectivity index (χ3n) is 5.31. The SMILES string of the molecule is CC(C)CC(=O)N1CCS[C@]12C(=O)N(Cc1ccc(F)c(F)c1)c1ccccc12. The van der Waals surface area contributed by atoms with Gasteiger partial charge in [-0.15, -0.1) is 11.8 Å². The van der Waals surface area contributed by atoms with Gasteiger partial charge in [-0.1, -0.05) is 38.1 Å². The second-order valence-corrected chi connectivity index (χ2v) is 9.08. The summed E-state index contributed by atoms with van der Waals surface area (Å²) in [5, 5.41) is 0. The van der Waals surface area contributed by atoms with Gasteiger partial charge in [-0.2, -0.15) is 0 Å². The van der Waals surface area contributed by atoms with Crippen LogP contribution >= 0.6 is 11.8 Å². The highest BCUT2D eigenvalue weighted by atomic mass is 32.2. The van der Waals surface area contributed by atoms with Crippen molar-refractivity contribution in [2.45, 2.75) is 31.7 Å². The molecule has 2 heterocycles. The molecule has 2 aromatic carbocycles. The van der Waals surface area contributed by atoms with E-state index in [2.05, 4.69) is 0 Å². The predicted octanol–water partition coefficient (Wildman–Crippen LogP) is 4.29. The van der Waals surface area contributed by atoms with E-state index in [4.69, 9.17) is 0 Å². The van der Waals surface area contributed by atoms with Crippen LogP contribution in [0.2, 0.25) is 0 Å². The van der Waals surface area contributed by atoms with Crippen LogP contribution in [0.3, 0.4) is 0 Å². The number of fused-ring (bicyclic) bond motifs is 2. The van der Waals surface area contributed by atoms with Crippen molar-refractivity contribution in [3.05, 3.63) is 65.2 Å². The van der Waals surface area contributed by atoms with Crippen LogP contribution in [-0.2, 0) is 21.0 Å². The van der Waals surface area contributed by atoms with Gasteiger partial charge in [-0.25, -0.2) is 8.78 Å². The number of carbonyl (C=O) groups excluding carboxylic acids is 2. The number of hydrogen-bond donors (Lipinski definition) is 0. The van der Waals surface area contributed by atoms with E-state index in [0.717, 1.165) is 17.7 Å². The lowest BCUT2D eigenvalue weighted by Gasteiger charge is -2.33. The molecule has 0 radical (unpaired) electrons. The summed E-state index contributed by atoms with van der Waals surface area (Å²) in [7, 11) is 0. The maximum atomic E-state index is 13.7. The highest BCUT2D eigenvalue weighted by Crippen LogP contribution is 2.54. The molecule has 0 aliphatic carbocycles. The van der Waals surface area contributed by atoms with Gasteiger partial charge in [-0.05, 0) is 29.7 Å². The Hall–Kier alpha value is -2.41. The average Bonchev–Trinajstić information content (AvgIpc) is 3.22. The monoisotopic (exact) mass is 416 g/mol. The minimum absolute atomic E-state index is 0.0390. The molecule has 152 valence electrons. The third-order valence-corrected chi connectivity index (χ3v) is 6.73. The van der Waals surface area contributed by atoms with Gasteiger partial charge in [0, 0.05) is 24.3 Å². The van der Waals surface area contributed by atoms with Crippen molar-refractivity contribution in [2.24, 2.45) is 5.92 Å². The van der Waals surface area contributed by atoms with Crippen molar-refractivity contribution in [1.29, 1.82) is 0 Å². The van der Waals surface area contributed by atoms with E-state index in [-0.39, 0.29) is 24.3 Å². The van der Waals surface area contributed by atoms with Crippen molar-refractivity contribution in [3.8, 4) is 0 Å². The van der Waals surface area contributed by atoms with Crippen molar-refractivity contribution in [3.63, 3.8) is 0 Å². The number of thioether (sulfide) groups is 1. The topological polar surface area (TPSA) is 40.6 Å². The first-order valence-electron chi connectivity index (χ1n) is 9.64. The van der Waals surface area contributed by atoms with Gasteiger partial charge in [0.1, 0.15) is 0 Å². The van der Waals surface area contributed by atoms with E-state index < -0.39 is 16.5 Å². The number of amides is 2. The van der Waals surface area contributed by atoms with Gasteiger partial charge in [0.05, 0.1) is 12.2 Å². The zero-order valence-electron chi connectivity index (χ0n) is 16.3. The van der Waals surface area contributed by atoms with E-state index >= 15 is 0 Å². The molecule has 0 N–H and O–H groups in total. The Labute approximate surface area is 172 Å². The predicted molar refractivity (Wildman–Crippen MR) is 109 cm³/mol. The number of para-hydroxylation sites is 1. The molecule has 2 amide bonds. The van der Waals surface area contributed by atoms with E-state index in [0.29, 0.717) is 30.0 Å². The van der Waals surface area contributed by atoms with Crippen molar-refractivity contribution in [2.75, 3.05) is 17.2 Å². The Morgan fingerprint density at radius 1 is 1.17 bits per heavy atom. The summed E-state index contributed by atoms with van der Waals surface area (Å²) < 4.78 is 27.0. The van der Waals surface area contributed by atoms with Gasteiger partial charge < -0.3 is 9.80 Å². The van der Waals surface area contributed by atoms with Gasteiger partial charge >= 0.3 is 0 Å². The molecule has 0 saturated carbocycles. The summed E-state index contributed by atoms with van der Waals surface area (Å²) in [4.78, 5) is 28.9. The zero-order chi connectivity index (χ0) is 20.8. The summed E-state index contributed by atoms with van der Waals surface area (Å²) in [6, 6.07) is 11.1. The summed E-state index contributed by atoms with van der Waals surface area (Å²) >= 11 is 1.47. The maximum Gasteiger partial charge on any atom is 0.268 e. The normalized spacial score (nSPS) is 20.8. The fourth-order valence-corrected chi connectivity index (χ4v) is 5.54. The van der Waals surface area contributed by atoms with E-state index in [1.807, 2.05) is 38.1 Å². The molecule has 2 aliphatic heterocycles. The lowest BCUT2D eigenvalue weighted by atomic mass is 10.0. The van der Waals surface area contributed by atoms with Gasteiger partial charge in [0.25, 0.3) is 5.91 Å². The Morgan fingerprint density at radius 3 is 2.66 bits per heavy atom. The Balaban J connectivity index is 1.74. The molecule has 4 rings (SSSR count). The second kappa shape index (κ2) is 7.44. The van der Waals surface area contributed by atoms with Crippen LogP contribution in [0.15, 0.2) is 42.5 Å². The van der Waals surface area contributed by atoms with E-state index in [1.165, 1.54) is 17.8 Å². The quantitative estimate of drug-likeness (QED) is 0.747. The first-order chi connectivity index (χ1) is 13.8. The molecule has 2 aliphatic rings. The Bertz CT molecular complexity index is 981. The fourth-order valence-electron chi connectivity index (χ4n) is 4.06. The zero-order valence-corrected chi connectivity index (χ0v) is 17.1. The lowest BCUT2D eigenvalue weighted by Crippen LogP contribution is -2.50. The number of nitrogens with zero attached hydrogens (tertiary/aromatic N) is 2. The van der Waals surface area contributed by atoms with Crippen molar-refractivity contribution >= 4 is 29.3 Å². The van der Waals surface area contributed by atoms with Crippen molar-refractivity contribution in [1.82, 2.24) is 4.90 Å². The molecular weight excluding hydrogens is 394 g/mol. The molecule has 1 fully saturated rings. The van der Waals surface area contributed by atoms with Crippen LogP contribution in [0.25, 0.3) is 0 Å². The first-order valence-corrected chi connectivity index (χ1v) is 10.6. The standard InChI is InChI=1S/C22H22F2N2O2S/c1-14(2)11-20(27)26-9-10-29-22(26)16-5-3-4-6-19(16)25(21(22)28)13-15-7-8-17(23)18(24)12-15/h3-8,12,14H,9-11,13H2,1-2H3/t22-/m1/s1. The number of anilines is 1. The molecule has 7 heteroatoms. The largest absolute Gasteiger partial charge is 0.315 e. The number of hydrogen-bond acceptors (Lipinski definition) is 3. The van der Waals surface area contributed by atoms with Crippen LogP contribution < -0.4 is 4.90 Å². The molecule has 1 saturated heterocycles. The highest BCUT2D eigenvalue weighted by Gasteiger charge is 2.59. The van der Waals surface area contributed by atoms with Crippen LogP contribution in [0.5, 0.6) is 0 Å². The summed E-state index contributed by atoms with van der Waals surface area (Å²) in [5.41, 5.74) is 1.98. The minimum Gasteiger partial charge on any atom is -0.315 e.